The van der Waals surface area contributed by atoms with Crippen LogP contribution < -0.4 is 0 Å². The lowest BCUT2D eigenvalue weighted by molar-refractivity contribution is -0.164. The SMILES string of the molecule is CCCCC(CC)CC(CCC)OC(=O)C1CCCCC1C(=O)O. The Morgan fingerprint density at radius 2 is 1.71 bits per heavy atom. The second-order valence-electron chi connectivity index (χ2n) is 7.34. The zero-order valence-electron chi connectivity index (χ0n) is 15.8. The quantitative estimate of drug-likeness (QED) is 0.525. The lowest BCUT2D eigenvalue weighted by Gasteiger charge is -2.29. The summed E-state index contributed by atoms with van der Waals surface area (Å²) < 4.78 is 5.82. The van der Waals surface area contributed by atoms with Gasteiger partial charge < -0.3 is 9.84 Å². The molecule has 4 atom stereocenters. The van der Waals surface area contributed by atoms with Gasteiger partial charge in [0.05, 0.1) is 11.8 Å². The lowest BCUT2D eigenvalue weighted by atomic mass is 9.79. The molecule has 0 radical (unpaired) electrons. The summed E-state index contributed by atoms with van der Waals surface area (Å²) in [5.41, 5.74) is 0. The van der Waals surface area contributed by atoms with Crippen molar-refractivity contribution in [1.29, 1.82) is 0 Å². The lowest BCUT2D eigenvalue weighted by Crippen LogP contribution is -2.36. The first-order chi connectivity index (χ1) is 11.5. The van der Waals surface area contributed by atoms with Crippen LogP contribution in [0.15, 0.2) is 0 Å². The fourth-order valence-electron chi connectivity index (χ4n) is 3.86. The van der Waals surface area contributed by atoms with E-state index in [9.17, 15) is 14.7 Å². The molecule has 4 nitrogen and oxygen atoms in total. The molecule has 1 fully saturated rings. The highest BCUT2D eigenvalue weighted by Crippen LogP contribution is 2.32. The van der Waals surface area contributed by atoms with E-state index < -0.39 is 17.8 Å². The molecule has 0 bridgehead atoms. The number of hydrogen-bond acceptors (Lipinski definition) is 3. The van der Waals surface area contributed by atoms with Gasteiger partial charge in [0, 0.05) is 0 Å². The van der Waals surface area contributed by atoms with Crippen LogP contribution in [0.5, 0.6) is 0 Å². The molecule has 1 rings (SSSR count). The summed E-state index contributed by atoms with van der Waals surface area (Å²) >= 11 is 0. The summed E-state index contributed by atoms with van der Waals surface area (Å²) in [6.45, 7) is 6.51. The van der Waals surface area contributed by atoms with E-state index in [1.54, 1.807) is 0 Å². The van der Waals surface area contributed by atoms with Crippen molar-refractivity contribution in [3.63, 3.8) is 0 Å². The van der Waals surface area contributed by atoms with E-state index in [4.69, 9.17) is 4.74 Å². The van der Waals surface area contributed by atoms with Crippen LogP contribution in [0.4, 0.5) is 0 Å². The molecule has 4 heteroatoms. The van der Waals surface area contributed by atoms with Gasteiger partial charge >= 0.3 is 11.9 Å². The number of unbranched alkanes of at least 4 members (excludes halogenated alkanes) is 1. The predicted octanol–water partition coefficient (Wildman–Crippen LogP) is 5.20. The highest BCUT2D eigenvalue weighted by Gasteiger charge is 2.37. The number of carbonyl (C=O) groups is 2. The Balaban J connectivity index is 2.64. The minimum absolute atomic E-state index is 0.0549. The van der Waals surface area contributed by atoms with Gasteiger partial charge in [-0.2, -0.15) is 0 Å². The molecule has 1 aliphatic rings. The van der Waals surface area contributed by atoms with Gasteiger partial charge in [-0.1, -0.05) is 65.7 Å². The standard InChI is InChI=1S/C20H36O4/c1-4-7-11-15(6-3)14-16(10-5-2)24-20(23)18-13-9-8-12-17(18)19(21)22/h15-18H,4-14H2,1-3H3,(H,21,22). The molecule has 0 aromatic heterocycles. The molecule has 1 aliphatic carbocycles. The Kier molecular flexibility index (Phi) is 10.0. The van der Waals surface area contributed by atoms with Gasteiger partial charge in [0.25, 0.3) is 0 Å². The summed E-state index contributed by atoms with van der Waals surface area (Å²) in [5.74, 6) is -1.54. The maximum Gasteiger partial charge on any atom is 0.310 e. The highest BCUT2D eigenvalue weighted by molar-refractivity contribution is 5.81. The minimum atomic E-state index is -0.849. The van der Waals surface area contributed by atoms with Crippen molar-refractivity contribution < 1.29 is 19.4 Å². The Bertz CT molecular complexity index is 380. The summed E-state index contributed by atoms with van der Waals surface area (Å²) in [7, 11) is 0. The molecule has 140 valence electrons. The van der Waals surface area contributed by atoms with Crippen molar-refractivity contribution in [1.82, 2.24) is 0 Å². The van der Waals surface area contributed by atoms with E-state index in [-0.39, 0.29) is 12.1 Å². The third-order valence-corrected chi connectivity index (χ3v) is 5.42. The summed E-state index contributed by atoms with van der Waals surface area (Å²) in [6, 6.07) is 0. The van der Waals surface area contributed by atoms with E-state index in [0.717, 1.165) is 38.5 Å². The summed E-state index contributed by atoms with van der Waals surface area (Å²) in [4.78, 5) is 24.0. The van der Waals surface area contributed by atoms with Gasteiger partial charge in [-0.3, -0.25) is 9.59 Å². The van der Waals surface area contributed by atoms with Crippen molar-refractivity contribution >= 4 is 11.9 Å². The number of carboxylic acid groups (broad SMARTS) is 1. The Morgan fingerprint density at radius 1 is 1.04 bits per heavy atom. The minimum Gasteiger partial charge on any atom is -0.481 e. The van der Waals surface area contributed by atoms with Crippen LogP contribution in [0, 0.1) is 17.8 Å². The number of carbonyl (C=O) groups excluding carboxylic acids is 1. The Hall–Kier alpha value is -1.06. The third kappa shape index (κ3) is 6.82. The first-order valence-electron chi connectivity index (χ1n) is 9.96. The van der Waals surface area contributed by atoms with Crippen LogP contribution in [0.25, 0.3) is 0 Å². The highest BCUT2D eigenvalue weighted by atomic mass is 16.5. The van der Waals surface area contributed by atoms with Gasteiger partial charge in [-0.15, -0.1) is 0 Å². The summed E-state index contributed by atoms with van der Waals surface area (Å²) in [6.07, 6.45) is 10.5. The molecule has 1 N–H and O–H groups in total. The van der Waals surface area contributed by atoms with Crippen molar-refractivity contribution in [2.45, 2.75) is 97.5 Å². The Labute approximate surface area is 147 Å². The Morgan fingerprint density at radius 3 is 2.25 bits per heavy atom. The second kappa shape index (κ2) is 11.5. The average Bonchev–Trinajstić information content (AvgIpc) is 2.58. The van der Waals surface area contributed by atoms with Gasteiger partial charge in [0.2, 0.25) is 0 Å². The van der Waals surface area contributed by atoms with E-state index in [2.05, 4.69) is 20.8 Å². The molecule has 0 heterocycles. The molecule has 0 amide bonds. The number of aliphatic carboxylic acids is 1. The third-order valence-electron chi connectivity index (χ3n) is 5.42. The largest absolute Gasteiger partial charge is 0.481 e. The van der Waals surface area contributed by atoms with E-state index in [1.807, 2.05) is 0 Å². The van der Waals surface area contributed by atoms with Crippen LogP contribution in [0.1, 0.15) is 91.4 Å². The molecule has 24 heavy (non-hydrogen) atoms. The molecular weight excluding hydrogens is 304 g/mol. The summed E-state index contributed by atoms with van der Waals surface area (Å²) in [5, 5.41) is 9.37. The van der Waals surface area contributed by atoms with Crippen LogP contribution >= 0.6 is 0 Å². The van der Waals surface area contributed by atoms with E-state index in [0.29, 0.717) is 18.8 Å². The molecule has 0 aromatic rings. The van der Waals surface area contributed by atoms with Crippen molar-refractivity contribution in [3.05, 3.63) is 0 Å². The van der Waals surface area contributed by atoms with Crippen LogP contribution in [0.3, 0.4) is 0 Å². The van der Waals surface area contributed by atoms with Gasteiger partial charge in [0.1, 0.15) is 6.10 Å². The van der Waals surface area contributed by atoms with Crippen molar-refractivity contribution in [3.8, 4) is 0 Å². The van der Waals surface area contributed by atoms with Gasteiger partial charge in [-0.05, 0) is 31.6 Å². The number of carboxylic acids is 1. The molecular formula is C20H36O4. The van der Waals surface area contributed by atoms with E-state index >= 15 is 0 Å². The normalized spacial score (nSPS) is 23.5. The first kappa shape index (κ1) is 21.0. The molecule has 0 spiro atoms. The van der Waals surface area contributed by atoms with Crippen LogP contribution in [-0.2, 0) is 14.3 Å². The topological polar surface area (TPSA) is 63.6 Å². The number of hydrogen-bond donors (Lipinski definition) is 1. The predicted molar refractivity (Wildman–Crippen MR) is 95.8 cm³/mol. The fourth-order valence-corrected chi connectivity index (χ4v) is 3.86. The van der Waals surface area contributed by atoms with Crippen LogP contribution in [-0.4, -0.2) is 23.1 Å². The fraction of sp³-hybridized carbons (Fsp3) is 0.900. The van der Waals surface area contributed by atoms with Crippen molar-refractivity contribution in [2.24, 2.45) is 17.8 Å². The monoisotopic (exact) mass is 340 g/mol. The number of ether oxygens (including phenoxy) is 1. The van der Waals surface area contributed by atoms with Gasteiger partial charge in [0.15, 0.2) is 0 Å². The second-order valence-corrected chi connectivity index (χ2v) is 7.34. The molecule has 4 unspecified atom stereocenters. The first-order valence-corrected chi connectivity index (χ1v) is 9.96. The van der Waals surface area contributed by atoms with Crippen molar-refractivity contribution in [2.75, 3.05) is 0 Å². The number of esters is 1. The maximum absolute atomic E-state index is 12.6. The zero-order valence-corrected chi connectivity index (χ0v) is 15.8. The smallest absolute Gasteiger partial charge is 0.310 e. The molecule has 1 saturated carbocycles. The molecule has 0 saturated heterocycles. The van der Waals surface area contributed by atoms with Crippen LogP contribution in [0.2, 0.25) is 0 Å². The number of rotatable bonds is 11. The average molecular weight is 341 g/mol. The van der Waals surface area contributed by atoms with E-state index in [1.165, 1.54) is 19.3 Å². The molecule has 0 aliphatic heterocycles. The zero-order chi connectivity index (χ0) is 17.9. The van der Waals surface area contributed by atoms with Gasteiger partial charge in [-0.25, -0.2) is 0 Å². The molecule has 0 aromatic carbocycles. The maximum atomic E-state index is 12.6.